The summed E-state index contributed by atoms with van der Waals surface area (Å²) in [5, 5.41) is 9.74. The minimum absolute atomic E-state index is 0.102. The largest absolute Gasteiger partial charge is 0.478 e. The van der Waals surface area contributed by atoms with E-state index in [0.717, 1.165) is 11.4 Å². The van der Waals surface area contributed by atoms with E-state index in [9.17, 15) is 4.79 Å². The Hall–Kier alpha value is -2.07. The molecule has 1 N–H and O–H groups in total. The van der Waals surface area contributed by atoms with Gasteiger partial charge in [-0.1, -0.05) is 23.7 Å². The first-order chi connectivity index (χ1) is 9.90. The van der Waals surface area contributed by atoms with Gasteiger partial charge >= 0.3 is 5.97 Å². The topological polar surface area (TPSA) is 53.4 Å². The number of hydrogen-bond acceptors (Lipinski definition) is 3. The van der Waals surface area contributed by atoms with Crippen LogP contribution in [0.2, 0.25) is 5.02 Å². The van der Waals surface area contributed by atoms with Crippen LogP contribution in [0.25, 0.3) is 0 Å². The second-order valence-corrected chi connectivity index (χ2v) is 5.38. The molecule has 0 bridgehead atoms. The lowest BCUT2D eigenvalue weighted by Crippen LogP contribution is -2.23. The smallest absolute Gasteiger partial charge is 0.337 e. The molecule has 2 rings (SSSR count). The van der Waals surface area contributed by atoms with Crippen molar-refractivity contribution in [2.75, 3.05) is 11.9 Å². The maximum absolute atomic E-state index is 11.0. The normalized spacial score (nSPS) is 12.0. The summed E-state index contributed by atoms with van der Waals surface area (Å²) < 4.78 is 0. The lowest BCUT2D eigenvalue weighted by atomic mass is 10.1. The van der Waals surface area contributed by atoms with E-state index in [4.69, 9.17) is 16.7 Å². The minimum Gasteiger partial charge on any atom is -0.478 e. The van der Waals surface area contributed by atoms with Gasteiger partial charge in [-0.3, -0.25) is 0 Å². The first kappa shape index (κ1) is 15.3. The monoisotopic (exact) mass is 304 g/mol. The zero-order valence-corrected chi connectivity index (χ0v) is 12.9. The summed E-state index contributed by atoms with van der Waals surface area (Å²) in [7, 11) is 1.93. The summed E-state index contributed by atoms with van der Waals surface area (Å²) in [5.41, 5.74) is 1.85. The van der Waals surface area contributed by atoms with Gasteiger partial charge in [-0.2, -0.15) is 0 Å². The van der Waals surface area contributed by atoms with Crippen molar-refractivity contribution in [1.82, 2.24) is 4.98 Å². The van der Waals surface area contributed by atoms with E-state index in [1.807, 2.05) is 36.2 Å². The number of carboxylic acids is 1. The van der Waals surface area contributed by atoms with Crippen LogP contribution in [0.4, 0.5) is 5.82 Å². The number of halogens is 1. The fourth-order valence-corrected chi connectivity index (χ4v) is 2.26. The highest BCUT2D eigenvalue weighted by Gasteiger charge is 2.15. The molecule has 1 unspecified atom stereocenters. The maximum atomic E-state index is 11.0. The quantitative estimate of drug-likeness (QED) is 0.929. The Labute approximate surface area is 129 Å². The van der Waals surface area contributed by atoms with E-state index in [1.165, 1.54) is 0 Å². The fraction of sp³-hybridized carbons (Fsp3) is 0.250. The van der Waals surface area contributed by atoms with Crippen molar-refractivity contribution in [3.8, 4) is 0 Å². The number of aryl methyl sites for hydroxylation is 1. The number of benzene rings is 1. The van der Waals surface area contributed by atoms with Crippen LogP contribution in [-0.2, 0) is 0 Å². The number of hydrogen-bond donors (Lipinski definition) is 1. The van der Waals surface area contributed by atoms with Crippen LogP contribution in [0.1, 0.15) is 34.6 Å². The van der Waals surface area contributed by atoms with Gasteiger partial charge < -0.3 is 10.0 Å². The van der Waals surface area contributed by atoms with Gasteiger partial charge in [0.1, 0.15) is 5.82 Å². The van der Waals surface area contributed by atoms with Crippen molar-refractivity contribution in [2.24, 2.45) is 0 Å². The lowest BCUT2D eigenvalue weighted by molar-refractivity contribution is 0.0695. The molecule has 0 spiro atoms. The number of anilines is 1. The lowest BCUT2D eigenvalue weighted by Gasteiger charge is -2.27. The number of nitrogens with zero attached hydrogens (tertiary/aromatic N) is 2. The molecule has 1 aromatic carbocycles. The molecule has 1 heterocycles. The van der Waals surface area contributed by atoms with Gasteiger partial charge in [-0.05, 0) is 43.7 Å². The molecule has 0 aliphatic heterocycles. The third kappa shape index (κ3) is 3.34. The summed E-state index contributed by atoms with van der Waals surface area (Å²) in [5.74, 6) is -0.222. The molecule has 0 saturated carbocycles. The van der Waals surface area contributed by atoms with Crippen LogP contribution in [0.15, 0.2) is 36.4 Å². The van der Waals surface area contributed by atoms with Gasteiger partial charge in [0.15, 0.2) is 0 Å². The van der Waals surface area contributed by atoms with Crippen molar-refractivity contribution in [1.29, 1.82) is 0 Å². The summed E-state index contributed by atoms with van der Waals surface area (Å²) in [6.45, 7) is 3.76. The zero-order valence-electron chi connectivity index (χ0n) is 12.2. The molecule has 0 aliphatic rings. The Morgan fingerprint density at radius 2 is 1.86 bits per heavy atom. The Kier molecular flexibility index (Phi) is 4.48. The molecule has 0 amide bonds. The maximum Gasteiger partial charge on any atom is 0.337 e. The van der Waals surface area contributed by atoms with E-state index < -0.39 is 5.97 Å². The summed E-state index contributed by atoms with van der Waals surface area (Å²) >= 11 is 5.90. The Morgan fingerprint density at radius 1 is 1.24 bits per heavy atom. The third-order valence-corrected chi connectivity index (χ3v) is 3.85. The van der Waals surface area contributed by atoms with Gasteiger partial charge in [-0.15, -0.1) is 0 Å². The minimum atomic E-state index is -0.958. The van der Waals surface area contributed by atoms with Crippen LogP contribution in [-0.4, -0.2) is 23.1 Å². The molecular formula is C16H17ClN2O2. The molecule has 21 heavy (non-hydrogen) atoms. The van der Waals surface area contributed by atoms with Crippen molar-refractivity contribution in [3.63, 3.8) is 0 Å². The Morgan fingerprint density at radius 3 is 2.38 bits per heavy atom. The van der Waals surface area contributed by atoms with E-state index in [0.29, 0.717) is 10.7 Å². The van der Waals surface area contributed by atoms with Crippen molar-refractivity contribution < 1.29 is 9.90 Å². The molecule has 5 heteroatoms. The first-order valence-electron chi connectivity index (χ1n) is 6.59. The van der Waals surface area contributed by atoms with E-state index in [-0.39, 0.29) is 11.6 Å². The molecule has 0 aliphatic carbocycles. The third-order valence-electron chi connectivity index (χ3n) is 3.60. The SMILES string of the molecule is Cc1nc(N(C)C(C)c2ccc(Cl)cc2)ccc1C(=O)O. The second kappa shape index (κ2) is 6.14. The summed E-state index contributed by atoms with van der Waals surface area (Å²) in [4.78, 5) is 17.4. The Bertz CT molecular complexity index is 656. The van der Waals surface area contributed by atoms with Crippen LogP contribution in [0, 0.1) is 6.92 Å². The van der Waals surface area contributed by atoms with Crippen molar-refractivity contribution in [3.05, 3.63) is 58.2 Å². The number of carboxylic acid groups (broad SMARTS) is 1. The highest BCUT2D eigenvalue weighted by atomic mass is 35.5. The predicted molar refractivity (Wildman–Crippen MR) is 84.2 cm³/mol. The molecular weight excluding hydrogens is 288 g/mol. The van der Waals surface area contributed by atoms with Crippen LogP contribution in [0.5, 0.6) is 0 Å². The number of rotatable bonds is 4. The van der Waals surface area contributed by atoms with E-state index >= 15 is 0 Å². The van der Waals surface area contributed by atoms with Gasteiger partial charge in [-0.25, -0.2) is 9.78 Å². The van der Waals surface area contributed by atoms with Crippen molar-refractivity contribution >= 4 is 23.4 Å². The number of carbonyl (C=O) groups is 1. The second-order valence-electron chi connectivity index (χ2n) is 4.95. The zero-order chi connectivity index (χ0) is 15.6. The van der Waals surface area contributed by atoms with E-state index in [2.05, 4.69) is 11.9 Å². The summed E-state index contributed by atoms with van der Waals surface area (Å²) in [6, 6.07) is 11.1. The molecule has 2 aromatic rings. The van der Waals surface area contributed by atoms with Gasteiger partial charge in [0, 0.05) is 12.1 Å². The molecule has 4 nitrogen and oxygen atoms in total. The van der Waals surface area contributed by atoms with Gasteiger partial charge in [0.2, 0.25) is 0 Å². The highest BCUT2D eigenvalue weighted by Crippen LogP contribution is 2.25. The van der Waals surface area contributed by atoms with E-state index in [1.54, 1.807) is 19.1 Å². The number of aromatic carboxylic acids is 1. The van der Waals surface area contributed by atoms with Crippen LogP contribution >= 0.6 is 11.6 Å². The molecule has 1 aromatic heterocycles. The molecule has 0 fully saturated rings. The number of pyridine rings is 1. The van der Waals surface area contributed by atoms with Gasteiger partial charge in [0.05, 0.1) is 17.3 Å². The van der Waals surface area contributed by atoms with Crippen LogP contribution in [0.3, 0.4) is 0 Å². The first-order valence-corrected chi connectivity index (χ1v) is 6.97. The highest BCUT2D eigenvalue weighted by molar-refractivity contribution is 6.30. The van der Waals surface area contributed by atoms with Crippen molar-refractivity contribution in [2.45, 2.75) is 19.9 Å². The summed E-state index contributed by atoms with van der Waals surface area (Å²) in [6.07, 6.45) is 0. The molecule has 0 radical (unpaired) electrons. The molecule has 0 saturated heterocycles. The number of aromatic nitrogens is 1. The Balaban J connectivity index is 2.27. The fourth-order valence-electron chi connectivity index (χ4n) is 2.13. The standard InChI is InChI=1S/C16H17ClN2O2/c1-10-14(16(20)21)8-9-15(18-10)19(3)11(2)12-4-6-13(17)7-5-12/h4-9,11H,1-3H3,(H,20,21). The van der Waals surface area contributed by atoms with Gasteiger partial charge in [0.25, 0.3) is 0 Å². The molecule has 1 atom stereocenters. The van der Waals surface area contributed by atoms with Crippen LogP contribution < -0.4 is 4.90 Å². The average Bonchev–Trinajstić information content (AvgIpc) is 2.46. The average molecular weight is 305 g/mol. The molecule has 110 valence electrons. The predicted octanol–water partition coefficient (Wildman–Crippen LogP) is 3.94.